The summed E-state index contributed by atoms with van der Waals surface area (Å²) < 4.78 is 0. The molecule has 0 bridgehead atoms. The van der Waals surface area contributed by atoms with E-state index in [9.17, 15) is 0 Å². The van der Waals surface area contributed by atoms with Gasteiger partial charge in [0, 0.05) is 5.69 Å². The molecular formula is C14H16ClN3. The first-order valence-corrected chi connectivity index (χ1v) is 6.46. The normalized spacial score (nSPS) is 10.7. The molecule has 0 saturated carbocycles. The van der Waals surface area contributed by atoms with Gasteiger partial charge in [0.05, 0.1) is 16.4 Å². The number of nitrogens with zero attached hydrogens (tertiary/aromatic N) is 3. The zero-order valence-corrected chi connectivity index (χ0v) is 11.6. The van der Waals surface area contributed by atoms with Gasteiger partial charge in [0.25, 0.3) is 0 Å². The lowest BCUT2D eigenvalue weighted by Crippen LogP contribution is -1.99. The standard InChI is InChI=1S/C14H16ClN3/c1-4-6-11-7-5-8-12(18-11)14-16-9(2)13(15)10(3)17-14/h5,7-8H,4,6H2,1-3H3. The lowest BCUT2D eigenvalue weighted by molar-refractivity contribution is 0.881. The van der Waals surface area contributed by atoms with Crippen LogP contribution in [0.2, 0.25) is 5.02 Å². The summed E-state index contributed by atoms with van der Waals surface area (Å²) in [6, 6.07) is 5.96. The second-order valence-corrected chi connectivity index (χ2v) is 4.67. The predicted molar refractivity (Wildman–Crippen MR) is 73.7 cm³/mol. The molecule has 0 aliphatic rings. The zero-order chi connectivity index (χ0) is 13.1. The van der Waals surface area contributed by atoms with Gasteiger partial charge in [-0.1, -0.05) is 31.0 Å². The van der Waals surface area contributed by atoms with E-state index in [0.717, 1.165) is 35.6 Å². The first-order chi connectivity index (χ1) is 8.61. The van der Waals surface area contributed by atoms with Crippen LogP contribution < -0.4 is 0 Å². The topological polar surface area (TPSA) is 38.7 Å². The monoisotopic (exact) mass is 261 g/mol. The summed E-state index contributed by atoms with van der Waals surface area (Å²) in [6.07, 6.45) is 2.05. The van der Waals surface area contributed by atoms with Gasteiger partial charge in [-0.15, -0.1) is 0 Å². The number of aryl methyl sites for hydroxylation is 3. The summed E-state index contributed by atoms with van der Waals surface area (Å²) in [5.74, 6) is 0.646. The SMILES string of the molecule is CCCc1cccc(-c2nc(C)c(Cl)c(C)n2)n1. The first kappa shape index (κ1) is 13.0. The van der Waals surface area contributed by atoms with Gasteiger partial charge in [-0.2, -0.15) is 0 Å². The second kappa shape index (κ2) is 5.44. The molecule has 2 aromatic heterocycles. The van der Waals surface area contributed by atoms with E-state index < -0.39 is 0 Å². The maximum atomic E-state index is 6.07. The summed E-state index contributed by atoms with van der Waals surface area (Å²) in [7, 11) is 0. The Morgan fingerprint density at radius 3 is 2.33 bits per heavy atom. The van der Waals surface area contributed by atoms with E-state index in [0.29, 0.717) is 10.8 Å². The van der Waals surface area contributed by atoms with Crippen LogP contribution in [0.4, 0.5) is 0 Å². The highest BCUT2D eigenvalue weighted by atomic mass is 35.5. The molecule has 2 heterocycles. The number of halogens is 1. The highest BCUT2D eigenvalue weighted by Gasteiger charge is 2.09. The molecule has 0 atom stereocenters. The van der Waals surface area contributed by atoms with Crippen LogP contribution in [0.3, 0.4) is 0 Å². The highest BCUT2D eigenvalue weighted by Crippen LogP contribution is 2.21. The Balaban J connectivity index is 2.45. The van der Waals surface area contributed by atoms with E-state index in [1.165, 1.54) is 0 Å². The van der Waals surface area contributed by atoms with Crippen molar-refractivity contribution in [2.45, 2.75) is 33.6 Å². The molecule has 2 rings (SSSR count). The number of pyridine rings is 1. The molecule has 0 unspecified atom stereocenters. The molecule has 0 aromatic carbocycles. The molecule has 94 valence electrons. The molecule has 4 heteroatoms. The van der Waals surface area contributed by atoms with Crippen LogP contribution in [0.1, 0.15) is 30.4 Å². The minimum atomic E-state index is 0.628. The maximum absolute atomic E-state index is 6.07. The van der Waals surface area contributed by atoms with E-state index >= 15 is 0 Å². The molecule has 0 saturated heterocycles. The zero-order valence-electron chi connectivity index (χ0n) is 10.9. The van der Waals surface area contributed by atoms with Crippen molar-refractivity contribution in [1.29, 1.82) is 0 Å². The molecule has 18 heavy (non-hydrogen) atoms. The average Bonchev–Trinajstić information content (AvgIpc) is 2.36. The molecule has 3 nitrogen and oxygen atoms in total. The van der Waals surface area contributed by atoms with Crippen LogP contribution >= 0.6 is 11.6 Å². The number of rotatable bonds is 3. The molecule has 0 fully saturated rings. The van der Waals surface area contributed by atoms with E-state index in [-0.39, 0.29) is 0 Å². The summed E-state index contributed by atoms with van der Waals surface area (Å²) in [5, 5.41) is 0.628. The minimum Gasteiger partial charge on any atom is -0.249 e. The molecule has 0 spiro atoms. The van der Waals surface area contributed by atoms with Crippen LogP contribution in [0.5, 0.6) is 0 Å². The molecular weight excluding hydrogens is 246 g/mol. The van der Waals surface area contributed by atoms with Crippen molar-refractivity contribution >= 4 is 11.6 Å². The van der Waals surface area contributed by atoms with Crippen molar-refractivity contribution in [2.75, 3.05) is 0 Å². The van der Waals surface area contributed by atoms with Gasteiger partial charge in [-0.25, -0.2) is 15.0 Å². The van der Waals surface area contributed by atoms with Gasteiger partial charge in [0.1, 0.15) is 5.69 Å². The van der Waals surface area contributed by atoms with Gasteiger partial charge >= 0.3 is 0 Å². The predicted octanol–water partition coefficient (Wildman–Crippen LogP) is 3.76. The van der Waals surface area contributed by atoms with Crippen molar-refractivity contribution < 1.29 is 0 Å². The van der Waals surface area contributed by atoms with Crippen molar-refractivity contribution in [3.05, 3.63) is 40.3 Å². The Labute approximate surface area is 112 Å². The van der Waals surface area contributed by atoms with Gasteiger partial charge < -0.3 is 0 Å². The third-order valence-corrected chi connectivity index (χ3v) is 3.27. The second-order valence-electron chi connectivity index (χ2n) is 4.30. The fraction of sp³-hybridized carbons (Fsp3) is 0.357. The van der Waals surface area contributed by atoms with Crippen LogP contribution in [0.15, 0.2) is 18.2 Å². The third-order valence-electron chi connectivity index (χ3n) is 2.72. The van der Waals surface area contributed by atoms with Crippen LogP contribution in [-0.4, -0.2) is 15.0 Å². The van der Waals surface area contributed by atoms with E-state index in [2.05, 4.69) is 21.9 Å². The molecule has 0 amide bonds. The Bertz CT molecular complexity index is 544. The van der Waals surface area contributed by atoms with Crippen molar-refractivity contribution in [1.82, 2.24) is 15.0 Å². The summed E-state index contributed by atoms with van der Waals surface area (Å²) in [5.41, 5.74) is 3.47. The molecule has 2 aromatic rings. The van der Waals surface area contributed by atoms with Crippen LogP contribution in [0, 0.1) is 13.8 Å². The lowest BCUT2D eigenvalue weighted by atomic mass is 10.2. The Hall–Kier alpha value is -1.48. The van der Waals surface area contributed by atoms with Gasteiger partial charge in [0.15, 0.2) is 5.82 Å². The van der Waals surface area contributed by atoms with Crippen LogP contribution in [-0.2, 0) is 6.42 Å². The summed E-state index contributed by atoms with van der Waals surface area (Å²) in [6.45, 7) is 5.91. The Kier molecular flexibility index (Phi) is 3.92. The fourth-order valence-electron chi connectivity index (χ4n) is 1.82. The fourth-order valence-corrected chi connectivity index (χ4v) is 1.90. The van der Waals surface area contributed by atoms with E-state index in [4.69, 9.17) is 11.6 Å². The van der Waals surface area contributed by atoms with E-state index in [1.807, 2.05) is 32.0 Å². The van der Waals surface area contributed by atoms with Gasteiger partial charge in [0.2, 0.25) is 0 Å². The first-order valence-electron chi connectivity index (χ1n) is 6.09. The number of aromatic nitrogens is 3. The minimum absolute atomic E-state index is 0.628. The number of hydrogen-bond donors (Lipinski definition) is 0. The van der Waals surface area contributed by atoms with Gasteiger partial charge in [-0.05, 0) is 32.4 Å². The van der Waals surface area contributed by atoms with Crippen molar-refractivity contribution in [2.24, 2.45) is 0 Å². The molecule has 0 aliphatic carbocycles. The smallest absolute Gasteiger partial charge is 0.178 e. The molecule has 0 radical (unpaired) electrons. The van der Waals surface area contributed by atoms with Crippen LogP contribution in [0.25, 0.3) is 11.5 Å². The maximum Gasteiger partial charge on any atom is 0.178 e. The summed E-state index contributed by atoms with van der Waals surface area (Å²) in [4.78, 5) is 13.4. The highest BCUT2D eigenvalue weighted by molar-refractivity contribution is 6.31. The van der Waals surface area contributed by atoms with Crippen molar-refractivity contribution in [3.63, 3.8) is 0 Å². The summed E-state index contributed by atoms with van der Waals surface area (Å²) >= 11 is 6.07. The Morgan fingerprint density at radius 1 is 1.06 bits per heavy atom. The number of hydrogen-bond acceptors (Lipinski definition) is 3. The third kappa shape index (κ3) is 2.67. The lowest BCUT2D eigenvalue weighted by Gasteiger charge is -2.06. The van der Waals surface area contributed by atoms with E-state index in [1.54, 1.807) is 0 Å². The molecule has 0 aliphatic heterocycles. The van der Waals surface area contributed by atoms with Gasteiger partial charge in [-0.3, -0.25) is 0 Å². The quantitative estimate of drug-likeness (QED) is 0.844. The molecule has 0 N–H and O–H groups in total. The largest absolute Gasteiger partial charge is 0.249 e. The Morgan fingerprint density at radius 2 is 1.72 bits per heavy atom. The van der Waals surface area contributed by atoms with Crippen molar-refractivity contribution in [3.8, 4) is 11.5 Å². The average molecular weight is 262 g/mol.